The number of likely N-dealkylation sites (tertiary alicyclic amines) is 1. The van der Waals surface area contributed by atoms with E-state index in [0.29, 0.717) is 56.0 Å². The first-order chi connectivity index (χ1) is 18.9. The van der Waals surface area contributed by atoms with Gasteiger partial charge >= 0.3 is 0 Å². The Bertz CT molecular complexity index is 1170. The fourth-order valence-electron chi connectivity index (χ4n) is 5.70. The quantitative estimate of drug-likeness (QED) is 0.586. The van der Waals surface area contributed by atoms with Crippen LogP contribution in [-0.2, 0) is 20.7 Å². The molecule has 9 nitrogen and oxygen atoms in total. The lowest BCUT2D eigenvalue weighted by atomic mass is 9.96. The molecule has 208 valence electrons. The summed E-state index contributed by atoms with van der Waals surface area (Å²) < 4.78 is 17.2. The zero-order valence-electron chi connectivity index (χ0n) is 22.7. The predicted octanol–water partition coefficient (Wildman–Crippen LogP) is 3.03. The smallest absolute Gasteiger partial charge is 0.256 e. The standard InChI is InChI=1S/C30H37N3O6/c1-3-21-6-8-22(9-7-21)28(35)32-16-14-30(15-17-32)33(29(36)23-10-12-24(37-2)13-11-23)26(20-39-30)27(34)31-19-25-5-4-18-38-25/h6-13,25-26H,3-5,14-20H2,1-2H3,(H,31,34). The molecular formula is C30H37N3O6. The van der Waals surface area contributed by atoms with Crippen LogP contribution in [0.4, 0.5) is 0 Å². The summed E-state index contributed by atoms with van der Waals surface area (Å²) in [6.07, 6.45) is 3.64. The van der Waals surface area contributed by atoms with E-state index in [1.807, 2.05) is 24.3 Å². The van der Waals surface area contributed by atoms with Gasteiger partial charge < -0.3 is 24.4 Å². The summed E-state index contributed by atoms with van der Waals surface area (Å²) in [5, 5.41) is 2.98. The summed E-state index contributed by atoms with van der Waals surface area (Å²) in [5.74, 6) is 0.0778. The third-order valence-corrected chi connectivity index (χ3v) is 8.09. The molecule has 9 heteroatoms. The first kappa shape index (κ1) is 27.1. The van der Waals surface area contributed by atoms with Crippen molar-refractivity contribution in [2.75, 3.05) is 40.0 Å². The number of hydrogen-bond donors (Lipinski definition) is 1. The largest absolute Gasteiger partial charge is 0.497 e. The molecule has 0 bridgehead atoms. The maximum absolute atomic E-state index is 13.9. The minimum absolute atomic E-state index is 0.00313. The predicted molar refractivity (Wildman–Crippen MR) is 145 cm³/mol. The van der Waals surface area contributed by atoms with E-state index in [9.17, 15) is 14.4 Å². The zero-order chi connectivity index (χ0) is 27.4. The number of hydrogen-bond acceptors (Lipinski definition) is 6. The summed E-state index contributed by atoms with van der Waals surface area (Å²) in [4.78, 5) is 43.9. The van der Waals surface area contributed by atoms with Crippen molar-refractivity contribution >= 4 is 17.7 Å². The number of carbonyl (C=O) groups excluding carboxylic acids is 3. The lowest BCUT2D eigenvalue weighted by Gasteiger charge is -2.44. The Balaban J connectivity index is 1.33. The Morgan fingerprint density at radius 1 is 1.00 bits per heavy atom. The van der Waals surface area contributed by atoms with Crippen molar-refractivity contribution < 1.29 is 28.6 Å². The second-order valence-corrected chi connectivity index (χ2v) is 10.4. The molecule has 3 aliphatic heterocycles. The van der Waals surface area contributed by atoms with Gasteiger partial charge in [0.25, 0.3) is 11.8 Å². The van der Waals surface area contributed by atoms with Crippen LogP contribution in [-0.4, -0.2) is 85.3 Å². The molecule has 39 heavy (non-hydrogen) atoms. The molecule has 1 spiro atoms. The molecule has 2 aromatic carbocycles. The Kier molecular flexibility index (Phi) is 8.18. The van der Waals surface area contributed by atoms with Crippen molar-refractivity contribution in [1.29, 1.82) is 0 Å². The van der Waals surface area contributed by atoms with Gasteiger partial charge in [-0.05, 0) is 61.2 Å². The van der Waals surface area contributed by atoms with Gasteiger partial charge in [-0.15, -0.1) is 0 Å². The molecule has 3 aliphatic rings. The van der Waals surface area contributed by atoms with Crippen molar-refractivity contribution in [2.45, 2.75) is 56.9 Å². The highest BCUT2D eigenvalue weighted by Crippen LogP contribution is 2.39. The first-order valence-electron chi connectivity index (χ1n) is 13.8. The lowest BCUT2D eigenvalue weighted by molar-refractivity contribution is -0.128. The van der Waals surface area contributed by atoms with Gasteiger partial charge in [-0.1, -0.05) is 19.1 Å². The minimum Gasteiger partial charge on any atom is -0.497 e. The van der Waals surface area contributed by atoms with Gasteiger partial charge in [0.15, 0.2) is 0 Å². The van der Waals surface area contributed by atoms with Crippen molar-refractivity contribution in [3.8, 4) is 5.75 Å². The molecule has 0 aliphatic carbocycles. The lowest BCUT2D eigenvalue weighted by Crippen LogP contribution is -2.60. The maximum Gasteiger partial charge on any atom is 0.256 e. The van der Waals surface area contributed by atoms with Crippen molar-refractivity contribution in [3.63, 3.8) is 0 Å². The maximum atomic E-state index is 13.9. The van der Waals surface area contributed by atoms with Gasteiger partial charge in [0.05, 0.1) is 19.8 Å². The third kappa shape index (κ3) is 5.65. The number of aryl methyl sites for hydroxylation is 1. The van der Waals surface area contributed by atoms with Crippen LogP contribution in [0.5, 0.6) is 5.75 Å². The van der Waals surface area contributed by atoms with Crippen LogP contribution in [0, 0.1) is 0 Å². The van der Waals surface area contributed by atoms with Crippen LogP contribution < -0.4 is 10.1 Å². The molecule has 0 aromatic heterocycles. The van der Waals surface area contributed by atoms with Crippen molar-refractivity contribution in [2.24, 2.45) is 0 Å². The van der Waals surface area contributed by atoms with Crippen LogP contribution >= 0.6 is 0 Å². The van der Waals surface area contributed by atoms with E-state index in [2.05, 4.69) is 12.2 Å². The van der Waals surface area contributed by atoms with Gasteiger partial charge in [-0.25, -0.2) is 0 Å². The number of ether oxygens (including phenoxy) is 3. The second kappa shape index (κ2) is 11.8. The van der Waals surface area contributed by atoms with Gasteiger partial charge in [0.1, 0.15) is 17.5 Å². The molecule has 1 N–H and O–H groups in total. The van der Waals surface area contributed by atoms with Crippen LogP contribution in [0.15, 0.2) is 48.5 Å². The Morgan fingerprint density at radius 3 is 2.28 bits per heavy atom. The molecule has 3 fully saturated rings. The van der Waals surface area contributed by atoms with Gasteiger partial charge in [-0.2, -0.15) is 0 Å². The molecule has 3 heterocycles. The number of benzene rings is 2. The number of nitrogens with zero attached hydrogens (tertiary/aromatic N) is 2. The van der Waals surface area contributed by atoms with Crippen molar-refractivity contribution in [1.82, 2.24) is 15.1 Å². The van der Waals surface area contributed by atoms with Crippen LogP contribution in [0.25, 0.3) is 0 Å². The monoisotopic (exact) mass is 535 g/mol. The number of carbonyl (C=O) groups is 3. The van der Waals surface area contributed by atoms with Gasteiger partial charge in [0.2, 0.25) is 5.91 Å². The highest BCUT2D eigenvalue weighted by molar-refractivity contribution is 5.99. The molecule has 2 unspecified atom stereocenters. The molecule has 3 amide bonds. The van der Waals surface area contributed by atoms with E-state index < -0.39 is 11.8 Å². The normalized spacial score (nSPS) is 22.2. The summed E-state index contributed by atoms with van der Waals surface area (Å²) in [5.41, 5.74) is 1.31. The Morgan fingerprint density at radius 2 is 1.67 bits per heavy atom. The number of piperidine rings is 1. The number of methoxy groups -OCH3 is 1. The topological polar surface area (TPSA) is 97.4 Å². The molecule has 5 rings (SSSR count). The SMILES string of the molecule is CCc1ccc(C(=O)N2CCC3(CC2)OCC(C(=O)NCC2CCCO2)N3C(=O)c2ccc(OC)cc2)cc1. The van der Waals surface area contributed by atoms with E-state index in [0.717, 1.165) is 19.3 Å². The Labute approximate surface area is 229 Å². The Hall–Kier alpha value is -3.43. The molecular weight excluding hydrogens is 498 g/mol. The van der Waals surface area contributed by atoms with E-state index in [1.54, 1.807) is 41.2 Å². The fourth-order valence-corrected chi connectivity index (χ4v) is 5.70. The third-order valence-electron chi connectivity index (χ3n) is 8.09. The number of rotatable bonds is 7. The minimum atomic E-state index is -0.967. The van der Waals surface area contributed by atoms with E-state index in [1.165, 1.54) is 5.56 Å². The zero-order valence-corrected chi connectivity index (χ0v) is 22.7. The average Bonchev–Trinajstić information content (AvgIpc) is 3.64. The summed E-state index contributed by atoms with van der Waals surface area (Å²) in [6, 6.07) is 13.8. The molecule has 0 radical (unpaired) electrons. The highest BCUT2D eigenvalue weighted by atomic mass is 16.5. The molecule has 2 aromatic rings. The summed E-state index contributed by atoms with van der Waals surface area (Å²) >= 11 is 0. The second-order valence-electron chi connectivity index (χ2n) is 10.4. The number of amides is 3. The van der Waals surface area contributed by atoms with E-state index >= 15 is 0 Å². The van der Waals surface area contributed by atoms with Gasteiger partial charge in [0, 0.05) is 50.2 Å². The van der Waals surface area contributed by atoms with E-state index in [4.69, 9.17) is 14.2 Å². The van der Waals surface area contributed by atoms with Gasteiger partial charge in [-0.3, -0.25) is 19.3 Å². The molecule has 2 atom stereocenters. The first-order valence-corrected chi connectivity index (χ1v) is 13.8. The van der Waals surface area contributed by atoms with Crippen LogP contribution in [0.2, 0.25) is 0 Å². The van der Waals surface area contributed by atoms with Crippen LogP contribution in [0.3, 0.4) is 0 Å². The number of nitrogens with one attached hydrogen (secondary N) is 1. The molecule has 0 saturated carbocycles. The average molecular weight is 536 g/mol. The van der Waals surface area contributed by atoms with E-state index in [-0.39, 0.29) is 30.4 Å². The van der Waals surface area contributed by atoms with Crippen molar-refractivity contribution in [3.05, 3.63) is 65.2 Å². The summed E-state index contributed by atoms with van der Waals surface area (Å²) in [6.45, 7) is 4.14. The highest BCUT2D eigenvalue weighted by Gasteiger charge is 2.54. The molecule has 3 saturated heterocycles. The van der Waals surface area contributed by atoms with Crippen LogP contribution in [0.1, 0.15) is 58.9 Å². The summed E-state index contributed by atoms with van der Waals surface area (Å²) in [7, 11) is 1.57. The fraction of sp³-hybridized carbons (Fsp3) is 0.500.